The van der Waals surface area contributed by atoms with Crippen LogP contribution in [0.1, 0.15) is 38.3 Å². The van der Waals surface area contributed by atoms with E-state index >= 15 is 0 Å². The molecular formula is C17H20N2O3. The van der Waals surface area contributed by atoms with E-state index in [9.17, 15) is 14.4 Å². The van der Waals surface area contributed by atoms with Gasteiger partial charge in [-0.25, -0.2) is 0 Å². The van der Waals surface area contributed by atoms with Gasteiger partial charge >= 0.3 is 0 Å². The average Bonchev–Trinajstić information content (AvgIpc) is 2.51. The number of hydrogen-bond donors (Lipinski definition) is 1. The van der Waals surface area contributed by atoms with Crippen LogP contribution in [0, 0.1) is 6.92 Å². The van der Waals surface area contributed by atoms with E-state index in [4.69, 9.17) is 0 Å². The van der Waals surface area contributed by atoms with Crippen molar-refractivity contribution in [2.75, 3.05) is 0 Å². The largest absolute Gasteiger partial charge is 0.302 e. The molecule has 1 aliphatic rings. The van der Waals surface area contributed by atoms with Crippen LogP contribution in [0.2, 0.25) is 0 Å². The number of rotatable bonds is 1. The Bertz CT molecular complexity index is 777. The number of carbonyl (C=O) groups excluding carboxylic acids is 2. The monoisotopic (exact) mass is 300 g/mol. The number of carbonyl (C=O) groups is 2. The Balaban J connectivity index is 0.000000847. The number of fused-ring (bicyclic) bond motifs is 1. The van der Waals surface area contributed by atoms with Gasteiger partial charge in [-0.2, -0.15) is 0 Å². The Morgan fingerprint density at radius 2 is 1.86 bits per heavy atom. The molecule has 116 valence electrons. The Labute approximate surface area is 128 Å². The Hall–Kier alpha value is -2.43. The molecule has 1 aliphatic heterocycles. The van der Waals surface area contributed by atoms with E-state index in [-0.39, 0.29) is 17.9 Å². The molecule has 2 amide bonds. The van der Waals surface area contributed by atoms with Crippen LogP contribution >= 0.6 is 0 Å². The van der Waals surface area contributed by atoms with Crippen LogP contribution < -0.4 is 10.9 Å². The number of hydrogen-bond acceptors (Lipinski definition) is 3. The number of amides is 2. The van der Waals surface area contributed by atoms with E-state index in [2.05, 4.69) is 5.32 Å². The molecule has 0 aliphatic carbocycles. The number of pyridine rings is 1. The zero-order chi connectivity index (χ0) is 16.3. The lowest BCUT2D eigenvalue weighted by atomic mass is 10.0. The zero-order valence-corrected chi connectivity index (χ0v) is 13.1. The number of piperidine rings is 1. The van der Waals surface area contributed by atoms with Gasteiger partial charge in [0.15, 0.2) is 0 Å². The standard InChI is InChI=1S/C15H14N2O3.C2H6/c1-9-2-3-10-6-7-17(15(20)11(10)8-9)12-4-5-13(18)16-14(12)19;1-2/h2-3,6-8,12H,4-5H2,1H3,(H,16,18,19);1-2H3. The summed E-state index contributed by atoms with van der Waals surface area (Å²) >= 11 is 0. The SMILES string of the molecule is CC.Cc1ccc2ccn(C3CCC(=O)NC3=O)c(=O)c2c1. The van der Waals surface area contributed by atoms with E-state index in [1.165, 1.54) is 4.57 Å². The van der Waals surface area contributed by atoms with Crippen LogP contribution in [0.4, 0.5) is 0 Å². The summed E-state index contributed by atoms with van der Waals surface area (Å²) in [6.45, 7) is 5.92. The summed E-state index contributed by atoms with van der Waals surface area (Å²) in [6.07, 6.45) is 2.25. The molecule has 22 heavy (non-hydrogen) atoms. The molecule has 3 rings (SSSR count). The van der Waals surface area contributed by atoms with Gasteiger partial charge in [0.05, 0.1) is 0 Å². The fraction of sp³-hybridized carbons (Fsp3) is 0.353. The van der Waals surface area contributed by atoms with Crippen molar-refractivity contribution in [3.63, 3.8) is 0 Å². The molecule has 0 bridgehead atoms. The quantitative estimate of drug-likeness (QED) is 0.822. The average molecular weight is 300 g/mol. The van der Waals surface area contributed by atoms with E-state index in [0.29, 0.717) is 11.8 Å². The molecule has 0 spiro atoms. The highest BCUT2D eigenvalue weighted by molar-refractivity contribution is 5.99. The van der Waals surface area contributed by atoms with Gasteiger partial charge in [-0.1, -0.05) is 31.5 Å². The number of benzene rings is 1. The van der Waals surface area contributed by atoms with E-state index < -0.39 is 11.9 Å². The zero-order valence-electron chi connectivity index (χ0n) is 13.1. The predicted octanol–water partition coefficient (Wildman–Crippen LogP) is 2.31. The minimum Gasteiger partial charge on any atom is -0.302 e. The van der Waals surface area contributed by atoms with Crippen molar-refractivity contribution >= 4 is 22.6 Å². The van der Waals surface area contributed by atoms with Crippen LogP contribution in [0.5, 0.6) is 0 Å². The molecule has 1 aromatic carbocycles. The molecule has 5 heteroatoms. The summed E-state index contributed by atoms with van der Waals surface area (Å²) in [5.74, 6) is -0.689. The first-order valence-electron chi connectivity index (χ1n) is 7.51. The van der Waals surface area contributed by atoms with Crippen LogP contribution in [-0.4, -0.2) is 16.4 Å². The van der Waals surface area contributed by atoms with E-state index in [1.807, 2.05) is 45.0 Å². The van der Waals surface area contributed by atoms with Crippen molar-refractivity contribution in [2.24, 2.45) is 0 Å². The maximum absolute atomic E-state index is 12.5. The van der Waals surface area contributed by atoms with Gasteiger partial charge in [-0.3, -0.25) is 19.7 Å². The highest BCUT2D eigenvalue weighted by Gasteiger charge is 2.28. The number of nitrogens with one attached hydrogen (secondary N) is 1. The molecule has 1 atom stereocenters. The van der Waals surface area contributed by atoms with E-state index in [0.717, 1.165) is 10.9 Å². The van der Waals surface area contributed by atoms with Crippen molar-refractivity contribution in [3.8, 4) is 0 Å². The van der Waals surface area contributed by atoms with Gasteiger partial charge < -0.3 is 4.57 Å². The lowest BCUT2D eigenvalue weighted by Crippen LogP contribution is -2.44. The van der Waals surface area contributed by atoms with Crippen LogP contribution in [0.3, 0.4) is 0 Å². The first-order valence-corrected chi connectivity index (χ1v) is 7.51. The van der Waals surface area contributed by atoms with Gasteiger partial charge in [0.25, 0.3) is 5.56 Å². The molecule has 2 heterocycles. The number of nitrogens with zero attached hydrogens (tertiary/aromatic N) is 1. The Morgan fingerprint density at radius 3 is 2.55 bits per heavy atom. The van der Waals surface area contributed by atoms with Crippen LogP contribution in [-0.2, 0) is 9.59 Å². The minimum atomic E-state index is -0.606. The molecule has 1 unspecified atom stereocenters. The van der Waals surface area contributed by atoms with Crippen molar-refractivity contribution in [3.05, 3.63) is 46.4 Å². The van der Waals surface area contributed by atoms with Crippen molar-refractivity contribution in [1.82, 2.24) is 9.88 Å². The van der Waals surface area contributed by atoms with Crippen molar-refractivity contribution in [1.29, 1.82) is 0 Å². The topological polar surface area (TPSA) is 68.2 Å². The minimum absolute atomic E-state index is 0.194. The normalized spacial score (nSPS) is 17.7. The Morgan fingerprint density at radius 1 is 1.14 bits per heavy atom. The molecule has 5 nitrogen and oxygen atoms in total. The summed E-state index contributed by atoms with van der Waals surface area (Å²) in [7, 11) is 0. The van der Waals surface area contributed by atoms with Crippen LogP contribution in [0.15, 0.2) is 35.3 Å². The fourth-order valence-electron chi connectivity index (χ4n) is 2.56. The summed E-state index contributed by atoms with van der Waals surface area (Å²) in [4.78, 5) is 35.5. The first kappa shape index (κ1) is 15.9. The van der Waals surface area contributed by atoms with Gasteiger partial charge in [-0.15, -0.1) is 0 Å². The molecule has 1 saturated heterocycles. The van der Waals surface area contributed by atoms with Gasteiger partial charge in [-0.05, 0) is 30.9 Å². The second-order valence-corrected chi connectivity index (χ2v) is 5.09. The third-order valence-electron chi connectivity index (χ3n) is 3.63. The summed E-state index contributed by atoms with van der Waals surface area (Å²) in [5.41, 5.74) is 0.802. The number of aromatic nitrogens is 1. The molecule has 0 radical (unpaired) electrons. The van der Waals surface area contributed by atoms with Crippen LogP contribution in [0.25, 0.3) is 10.8 Å². The summed E-state index contributed by atoms with van der Waals surface area (Å²) in [5, 5.41) is 3.72. The lowest BCUT2D eigenvalue weighted by molar-refractivity contribution is -0.135. The number of imide groups is 1. The van der Waals surface area contributed by atoms with Crippen molar-refractivity contribution < 1.29 is 9.59 Å². The van der Waals surface area contributed by atoms with Gasteiger partial charge in [0.1, 0.15) is 6.04 Å². The third-order valence-corrected chi connectivity index (χ3v) is 3.63. The smallest absolute Gasteiger partial charge is 0.259 e. The Kier molecular flexibility index (Phi) is 4.75. The maximum atomic E-state index is 12.5. The first-order chi connectivity index (χ1) is 10.6. The highest BCUT2D eigenvalue weighted by atomic mass is 16.2. The molecule has 0 saturated carbocycles. The lowest BCUT2D eigenvalue weighted by Gasteiger charge is -2.23. The second kappa shape index (κ2) is 6.56. The predicted molar refractivity (Wildman–Crippen MR) is 85.7 cm³/mol. The molecule has 1 fully saturated rings. The molecule has 1 N–H and O–H groups in total. The third kappa shape index (κ3) is 2.93. The maximum Gasteiger partial charge on any atom is 0.259 e. The number of aryl methyl sites for hydroxylation is 1. The fourth-order valence-corrected chi connectivity index (χ4v) is 2.56. The molecule has 2 aromatic rings. The summed E-state index contributed by atoms with van der Waals surface area (Å²) in [6, 6.07) is 6.86. The van der Waals surface area contributed by atoms with E-state index in [1.54, 1.807) is 6.20 Å². The van der Waals surface area contributed by atoms with Gasteiger partial charge in [0.2, 0.25) is 11.8 Å². The second-order valence-electron chi connectivity index (χ2n) is 5.09. The highest BCUT2D eigenvalue weighted by Crippen LogP contribution is 2.19. The van der Waals surface area contributed by atoms with Gasteiger partial charge in [0, 0.05) is 18.0 Å². The molecular weight excluding hydrogens is 280 g/mol. The molecule has 1 aromatic heterocycles. The van der Waals surface area contributed by atoms with Crippen molar-refractivity contribution in [2.45, 2.75) is 39.7 Å². The summed E-state index contributed by atoms with van der Waals surface area (Å²) < 4.78 is 1.42.